The molecular weight excluding hydrogens is 380 g/mol. The average molecular weight is 415 g/mol. The highest BCUT2D eigenvalue weighted by Gasteiger charge is 2.54. The molecule has 4 rings (SSSR count). The molecule has 1 aromatic rings. The molecule has 2 saturated heterocycles. The third kappa shape index (κ3) is 4.09. The minimum atomic E-state index is -0.497. The molecule has 8 heteroatoms. The molecule has 0 aromatic carbocycles. The number of anilines is 1. The Labute approximate surface area is 179 Å². The van der Waals surface area contributed by atoms with Gasteiger partial charge in [0.1, 0.15) is 0 Å². The van der Waals surface area contributed by atoms with Crippen LogP contribution in [-0.2, 0) is 4.79 Å². The second-order valence-corrected chi connectivity index (χ2v) is 9.32. The van der Waals surface area contributed by atoms with E-state index in [4.69, 9.17) is 0 Å². The Hall–Kier alpha value is -2.38. The quantitative estimate of drug-likeness (QED) is 0.819. The fourth-order valence-corrected chi connectivity index (χ4v) is 5.53. The molecule has 164 valence electrons. The van der Waals surface area contributed by atoms with E-state index >= 15 is 0 Å². The van der Waals surface area contributed by atoms with Gasteiger partial charge in [-0.3, -0.25) is 4.79 Å². The Kier molecular flexibility index (Phi) is 6.11. The summed E-state index contributed by atoms with van der Waals surface area (Å²) in [6.45, 7) is 2.61. The van der Waals surface area contributed by atoms with Gasteiger partial charge >= 0.3 is 6.03 Å². The number of nitrogens with zero attached hydrogens (tertiary/aromatic N) is 5. The summed E-state index contributed by atoms with van der Waals surface area (Å²) >= 11 is 0. The van der Waals surface area contributed by atoms with Gasteiger partial charge in [0, 0.05) is 64.6 Å². The average Bonchev–Trinajstić information content (AvgIpc) is 3.03. The summed E-state index contributed by atoms with van der Waals surface area (Å²) in [6, 6.07) is 2.13. The Balaban J connectivity index is 1.53. The zero-order valence-electron chi connectivity index (χ0n) is 18.2. The lowest BCUT2D eigenvalue weighted by Gasteiger charge is -2.34. The number of hydrogen-bond donors (Lipinski definition) is 1. The van der Waals surface area contributed by atoms with Crippen molar-refractivity contribution in [1.82, 2.24) is 25.1 Å². The van der Waals surface area contributed by atoms with Crippen LogP contribution in [-0.4, -0.2) is 78.0 Å². The molecule has 1 N–H and O–H groups in total. The molecule has 2 atom stereocenters. The van der Waals surface area contributed by atoms with Gasteiger partial charge in [-0.2, -0.15) is 0 Å². The number of amides is 3. The second-order valence-electron chi connectivity index (χ2n) is 9.32. The highest BCUT2D eigenvalue weighted by atomic mass is 16.2. The number of aromatic nitrogens is 2. The van der Waals surface area contributed by atoms with Crippen LogP contribution >= 0.6 is 0 Å². The van der Waals surface area contributed by atoms with E-state index in [-0.39, 0.29) is 17.9 Å². The van der Waals surface area contributed by atoms with Crippen LogP contribution in [0.25, 0.3) is 0 Å². The fourth-order valence-electron chi connectivity index (χ4n) is 5.53. The number of carbonyl (C=O) groups is 2. The van der Waals surface area contributed by atoms with E-state index in [1.165, 1.54) is 19.3 Å². The third-order valence-corrected chi connectivity index (χ3v) is 7.07. The van der Waals surface area contributed by atoms with E-state index in [1.807, 2.05) is 19.0 Å². The largest absolute Gasteiger partial charge is 0.348 e. The second kappa shape index (κ2) is 8.78. The monoisotopic (exact) mass is 414 g/mol. The summed E-state index contributed by atoms with van der Waals surface area (Å²) in [7, 11) is 3.66. The van der Waals surface area contributed by atoms with Crippen LogP contribution in [0.1, 0.15) is 44.9 Å². The smallest absolute Gasteiger partial charge is 0.317 e. The highest BCUT2D eigenvalue weighted by Crippen LogP contribution is 2.44. The van der Waals surface area contributed by atoms with Crippen molar-refractivity contribution in [2.24, 2.45) is 11.3 Å². The maximum absolute atomic E-state index is 13.4. The van der Waals surface area contributed by atoms with E-state index in [0.29, 0.717) is 38.2 Å². The molecule has 30 heavy (non-hydrogen) atoms. The van der Waals surface area contributed by atoms with Crippen molar-refractivity contribution in [3.05, 3.63) is 18.5 Å². The van der Waals surface area contributed by atoms with Crippen molar-refractivity contribution in [2.45, 2.75) is 51.0 Å². The van der Waals surface area contributed by atoms with Crippen molar-refractivity contribution in [3.8, 4) is 0 Å². The van der Waals surface area contributed by atoms with Crippen LogP contribution in [0.15, 0.2) is 18.5 Å². The molecule has 3 aliphatic rings. The number of urea groups is 1. The SMILES string of the molecule is CN(C)C(=O)[C@]12CCCN(C(=O)NC3CCCCC3)C[C@H]1CN(c1ncccn1)C2. The summed E-state index contributed by atoms with van der Waals surface area (Å²) in [6.07, 6.45) is 10.9. The maximum atomic E-state index is 13.4. The zero-order valence-corrected chi connectivity index (χ0v) is 18.2. The lowest BCUT2D eigenvalue weighted by molar-refractivity contribution is -0.141. The van der Waals surface area contributed by atoms with Gasteiger partial charge in [-0.25, -0.2) is 14.8 Å². The summed E-state index contributed by atoms with van der Waals surface area (Å²) in [4.78, 5) is 41.0. The predicted molar refractivity (Wildman–Crippen MR) is 115 cm³/mol. The zero-order chi connectivity index (χ0) is 21.1. The molecule has 1 saturated carbocycles. The lowest BCUT2D eigenvalue weighted by atomic mass is 9.74. The molecular formula is C22H34N6O2. The Morgan fingerprint density at radius 2 is 1.83 bits per heavy atom. The normalized spacial score (nSPS) is 27.3. The van der Waals surface area contributed by atoms with E-state index in [2.05, 4.69) is 20.2 Å². The first kappa shape index (κ1) is 20.9. The maximum Gasteiger partial charge on any atom is 0.317 e. The number of likely N-dealkylation sites (tertiary alicyclic amines) is 1. The Morgan fingerprint density at radius 1 is 1.10 bits per heavy atom. The molecule has 1 aliphatic carbocycles. The fraction of sp³-hybridized carbons (Fsp3) is 0.727. The molecule has 3 fully saturated rings. The van der Waals surface area contributed by atoms with Crippen molar-refractivity contribution in [2.75, 3.05) is 45.2 Å². The van der Waals surface area contributed by atoms with Gasteiger partial charge in [-0.05, 0) is 31.7 Å². The summed E-state index contributed by atoms with van der Waals surface area (Å²) in [5, 5.41) is 3.26. The van der Waals surface area contributed by atoms with Crippen molar-refractivity contribution < 1.29 is 9.59 Å². The molecule has 3 heterocycles. The van der Waals surface area contributed by atoms with E-state index < -0.39 is 5.41 Å². The van der Waals surface area contributed by atoms with Gasteiger partial charge in [0.25, 0.3) is 0 Å². The van der Waals surface area contributed by atoms with Gasteiger partial charge in [0.15, 0.2) is 0 Å². The Morgan fingerprint density at radius 3 is 2.53 bits per heavy atom. The van der Waals surface area contributed by atoms with Gasteiger partial charge in [0.05, 0.1) is 5.41 Å². The number of fused-ring (bicyclic) bond motifs is 1. The molecule has 0 spiro atoms. The van der Waals surface area contributed by atoms with Crippen LogP contribution in [0.3, 0.4) is 0 Å². The van der Waals surface area contributed by atoms with Crippen molar-refractivity contribution >= 4 is 17.9 Å². The molecule has 0 bridgehead atoms. The van der Waals surface area contributed by atoms with Gasteiger partial charge < -0.3 is 20.0 Å². The van der Waals surface area contributed by atoms with Crippen LogP contribution in [0, 0.1) is 11.3 Å². The molecule has 0 unspecified atom stereocenters. The standard InChI is InChI=1S/C22H34N6O2/c1-26(2)19(29)22-10-6-13-27(21(30)25-18-8-4-3-5-9-18)14-17(22)15-28(16-22)20-23-11-7-12-24-20/h7,11-12,17-18H,3-6,8-10,13-16H2,1-2H3,(H,25,30)/t17-,22-/m0/s1. The third-order valence-electron chi connectivity index (χ3n) is 7.07. The van der Waals surface area contributed by atoms with Crippen LogP contribution in [0.2, 0.25) is 0 Å². The first-order valence-corrected chi connectivity index (χ1v) is 11.3. The number of rotatable bonds is 3. The summed E-state index contributed by atoms with van der Waals surface area (Å²) in [5.41, 5.74) is -0.497. The van der Waals surface area contributed by atoms with E-state index in [0.717, 1.165) is 25.7 Å². The summed E-state index contributed by atoms with van der Waals surface area (Å²) in [5.74, 6) is 0.881. The highest BCUT2D eigenvalue weighted by molar-refractivity contribution is 5.84. The molecule has 1 aromatic heterocycles. The van der Waals surface area contributed by atoms with Crippen molar-refractivity contribution in [1.29, 1.82) is 0 Å². The van der Waals surface area contributed by atoms with Crippen LogP contribution in [0.5, 0.6) is 0 Å². The van der Waals surface area contributed by atoms with Gasteiger partial charge in [0.2, 0.25) is 11.9 Å². The molecule has 2 aliphatic heterocycles. The first-order chi connectivity index (χ1) is 14.5. The van der Waals surface area contributed by atoms with Crippen molar-refractivity contribution in [3.63, 3.8) is 0 Å². The molecule has 8 nitrogen and oxygen atoms in total. The Bertz CT molecular complexity index is 751. The van der Waals surface area contributed by atoms with Gasteiger partial charge in [-0.15, -0.1) is 0 Å². The first-order valence-electron chi connectivity index (χ1n) is 11.3. The minimum Gasteiger partial charge on any atom is -0.348 e. The predicted octanol–water partition coefficient (Wildman–Crippen LogP) is 2.13. The van der Waals surface area contributed by atoms with Crippen LogP contribution in [0.4, 0.5) is 10.7 Å². The topological polar surface area (TPSA) is 81.7 Å². The van der Waals surface area contributed by atoms with Crippen LogP contribution < -0.4 is 10.2 Å². The number of hydrogen-bond acceptors (Lipinski definition) is 5. The van der Waals surface area contributed by atoms with E-state index in [1.54, 1.807) is 23.4 Å². The van der Waals surface area contributed by atoms with E-state index in [9.17, 15) is 9.59 Å². The summed E-state index contributed by atoms with van der Waals surface area (Å²) < 4.78 is 0. The number of carbonyl (C=O) groups excluding carboxylic acids is 2. The molecule has 3 amide bonds. The number of nitrogens with one attached hydrogen (secondary N) is 1. The molecule has 0 radical (unpaired) electrons. The minimum absolute atomic E-state index is 0.0319. The lowest BCUT2D eigenvalue weighted by Crippen LogP contribution is -2.50. The van der Waals surface area contributed by atoms with Gasteiger partial charge in [-0.1, -0.05) is 19.3 Å².